The van der Waals surface area contributed by atoms with E-state index in [4.69, 9.17) is 5.73 Å². The van der Waals surface area contributed by atoms with E-state index in [-0.39, 0.29) is 0 Å². The third-order valence-corrected chi connectivity index (χ3v) is 4.35. The second-order valence-corrected chi connectivity index (χ2v) is 6.68. The number of hydrogen-bond acceptors (Lipinski definition) is 3. The lowest BCUT2D eigenvalue weighted by molar-refractivity contribution is 0.336. The minimum Gasteiger partial charge on any atom is -0.329 e. The van der Waals surface area contributed by atoms with Crippen LogP contribution in [0.1, 0.15) is 25.5 Å². The van der Waals surface area contributed by atoms with E-state index < -0.39 is 0 Å². The van der Waals surface area contributed by atoms with Crippen molar-refractivity contribution in [2.24, 2.45) is 5.73 Å². The van der Waals surface area contributed by atoms with Crippen molar-refractivity contribution in [3.05, 3.63) is 54.4 Å². The Kier molecular flexibility index (Phi) is 4.97. The lowest BCUT2D eigenvalue weighted by Gasteiger charge is -2.16. The van der Waals surface area contributed by atoms with Crippen LogP contribution in [0.15, 0.2) is 48.8 Å². The number of nitrogens with two attached hydrogens (primary N) is 1. The molecule has 0 saturated carbocycles. The van der Waals surface area contributed by atoms with Gasteiger partial charge in [0.15, 0.2) is 0 Å². The van der Waals surface area contributed by atoms with E-state index in [2.05, 4.69) is 77.8 Å². The van der Waals surface area contributed by atoms with Crippen molar-refractivity contribution in [2.75, 3.05) is 20.1 Å². The Bertz CT molecular complexity index is 819. The first kappa shape index (κ1) is 16.7. The topological polar surface area (TPSA) is 47.1 Å². The Morgan fingerprint density at radius 1 is 1.12 bits per heavy atom. The summed E-state index contributed by atoms with van der Waals surface area (Å²) in [6, 6.07) is 15.7. The maximum atomic E-state index is 5.63. The maximum absolute atomic E-state index is 5.63. The van der Waals surface area contributed by atoms with Crippen LogP contribution in [0.3, 0.4) is 0 Å². The van der Waals surface area contributed by atoms with Crippen molar-refractivity contribution >= 4 is 11.0 Å². The summed E-state index contributed by atoms with van der Waals surface area (Å²) < 4.78 is 2.21. The summed E-state index contributed by atoms with van der Waals surface area (Å²) in [6.07, 6.45) is 1.93. The van der Waals surface area contributed by atoms with Gasteiger partial charge in [0.05, 0.1) is 17.4 Å². The molecule has 4 heteroatoms. The smallest absolute Gasteiger partial charge is 0.0960 e. The second-order valence-electron chi connectivity index (χ2n) is 6.68. The molecule has 0 spiro atoms. The summed E-state index contributed by atoms with van der Waals surface area (Å²) in [5, 5.41) is 0. The normalized spacial score (nSPS) is 11.8. The molecule has 24 heavy (non-hydrogen) atoms. The number of benzene rings is 2. The third-order valence-electron chi connectivity index (χ3n) is 4.35. The fraction of sp³-hybridized carbons (Fsp3) is 0.350. The lowest BCUT2D eigenvalue weighted by Crippen LogP contribution is -2.24. The van der Waals surface area contributed by atoms with Crippen molar-refractivity contribution in [1.29, 1.82) is 0 Å². The molecule has 1 aromatic heterocycles. The van der Waals surface area contributed by atoms with E-state index in [9.17, 15) is 0 Å². The van der Waals surface area contributed by atoms with E-state index in [1.165, 1.54) is 22.2 Å². The highest BCUT2D eigenvalue weighted by Crippen LogP contribution is 2.26. The molecule has 3 aromatic rings. The molecule has 0 radical (unpaired) electrons. The van der Waals surface area contributed by atoms with E-state index in [1.807, 2.05) is 6.33 Å². The first-order chi connectivity index (χ1) is 11.6. The first-order valence-corrected chi connectivity index (χ1v) is 8.53. The van der Waals surface area contributed by atoms with Crippen molar-refractivity contribution < 1.29 is 0 Å². The van der Waals surface area contributed by atoms with Gasteiger partial charge >= 0.3 is 0 Å². The number of rotatable bonds is 6. The zero-order valence-corrected chi connectivity index (χ0v) is 14.7. The fourth-order valence-corrected chi connectivity index (χ4v) is 3.08. The number of nitrogens with zero attached hydrogens (tertiary/aromatic N) is 3. The lowest BCUT2D eigenvalue weighted by atomic mass is 10.0. The molecule has 2 aromatic carbocycles. The molecule has 3 rings (SSSR count). The molecule has 0 bridgehead atoms. The first-order valence-electron chi connectivity index (χ1n) is 8.53. The zero-order chi connectivity index (χ0) is 17.1. The maximum Gasteiger partial charge on any atom is 0.0960 e. The van der Waals surface area contributed by atoms with Gasteiger partial charge in [0.2, 0.25) is 0 Å². The average molecular weight is 322 g/mol. The highest BCUT2D eigenvalue weighted by atomic mass is 15.1. The molecule has 0 aliphatic rings. The molecule has 0 aliphatic carbocycles. The molecule has 1 heterocycles. The van der Waals surface area contributed by atoms with Gasteiger partial charge in [0, 0.05) is 25.7 Å². The molecule has 0 unspecified atom stereocenters. The van der Waals surface area contributed by atoms with Gasteiger partial charge in [0.1, 0.15) is 0 Å². The van der Waals surface area contributed by atoms with E-state index in [1.54, 1.807) is 0 Å². The van der Waals surface area contributed by atoms with Crippen molar-refractivity contribution in [1.82, 2.24) is 14.5 Å². The largest absolute Gasteiger partial charge is 0.329 e. The molecule has 2 N–H and O–H groups in total. The van der Waals surface area contributed by atoms with Crippen LogP contribution in [0.5, 0.6) is 0 Å². The van der Waals surface area contributed by atoms with Crippen LogP contribution in [-0.4, -0.2) is 34.6 Å². The minimum absolute atomic E-state index is 0.419. The predicted octanol–water partition coefficient (Wildman–Crippen LogP) is 3.67. The Balaban J connectivity index is 1.90. The summed E-state index contributed by atoms with van der Waals surface area (Å²) in [5.41, 5.74) is 11.6. The summed E-state index contributed by atoms with van der Waals surface area (Å²) in [7, 11) is 2.10. The minimum atomic E-state index is 0.419. The van der Waals surface area contributed by atoms with Crippen LogP contribution in [0, 0.1) is 0 Å². The molecule has 126 valence electrons. The van der Waals surface area contributed by atoms with E-state index >= 15 is 0 Å². The Morgan fingerprint density at radius 3 is 2.67 bits per heavy atom. The van der Waals surface area contributed by atoms with Crippen LogP contribution >= 0.6 is 0 Å². The molecular formula is C20H26N4. The molecule has 0 saturated heterocycles. The van der Waals surface area contributed by atoms with Gasteiger partial charge in [-0.1, -0.05) is 24.3 Å². The van der Waals surface area contributed by atoms with Crippen LogP contribution in [0.2, 0.25) is 0 Å². The standard InChI is InChI=1S/C20H26N4/c1-15(2)24-14-22-19-12-18(7-8-20(19)24)17-6-4-5-16(11-17)13-23(3)10-9-21/h4-8,11-12,14-15H,9-10,13,21H2,1-3H3. The number of imidazole rings is 1. The van der Waals surface area contributed by atoms with Crippen molar-refractivity contribution in [3.8, 4) is 11.1 Å². The monoisotopic (exact) mass is 322 g/mol. The summed E-state index contributed by atoms with van der Waals surface area (Å²) >= 11 is 0. The Labute approximate surface area is 143 Å². The molecular weight excluding hydrogens is 296 g/mol. The predicted molar refractivity (Wildman–Crippen MR) is 101 cm³/mol. The second kappa shape index (κ2) is 7.16. The van der Waals surface area contributed by atoms with Crippen LogP contribution in [-0.2, 0) is 6.54 Å². The third kappa shape index (κ3) is 3.50. The van der Waals surface area contributed by atoms with E-state index in [0.717, 1.165) is 18.6 Å². The quantitative estimate of drug-likeness (QED) is 0.753. The average Bonchev–Trinajstić information content (AvgIpc) is 2.98. The Morgan fingerprint density at radius 2 is 1.92 bits per heavy atom. The molecule has 0 fully saturated rings. The number of likely N-dealkylation sites (N-methyl/N-ethyl adjacent to an activating group) is 1. The molecule has 0 amide bonds. The van der Waals surface area contributed by atoms with Crippen molar-refractivity contribution in [2.45, 2.75) is 26.4 Å². The SMILES string of the molecule is CC(C)n1cnc2cc(-c3cccc(CN(C)CCN)c3)ccc21. The van der Waals surface area contributed by atoms with E-state index in [0.29, 0.717) is 12.6 Å². The number of aromatic nitrogens is 2. The molecule has 4 nitrogen and oxygen atoms in total. The van der Waals surface area contributed by atoms with Gasteiger partial charge in [-0.25, -0.2) is 4.98 Å². The fourth-order valence-electron chi connectivity index (χ4n) is 3.08. The highest BCUT2D eigenvalue weighted by molar-refractivity contribution is 5.82. The van der Waals surface area contributed by atoms with Gasteiger partial charge in [-0.3, -0.25) is 0 Å². The summed E-state index contributed by atoms with van der Waals surface area (Å²) in [6.45, 7) is 6.86. The van der Waals surface area contributed by atoms with Gasteiger partial charge in [-0.05, 0) is 55.8 Å². The van der Waals surface area contributed by atoms with Crippen molar-refractivity contribution in [3.63, 3.8) is 0 Å². The highest BCUT2D eigenvalue weighted by Gasteiger charge is 2.08. The zero-order valence-electron chi connectivity index (χ0n) is 14.7. The van der Waals surface area contributed by atoms with Crippen LogP contribution < -0.4 is 5.73 Å². The van der Waals surface area contributed by atoms with Gasteiger partial charge in [-0.2, -0.15) is 0 Å². The van der Waals surface area contributed by atoms with Gasteiger partial charge in [0.25, 0.3) is 0 Å². The van der Waals surface area contributed by atoms with Crippen LogP contribution in [0.4, 0.5) is 0 Å². The molecule has 0 aliphatic heterocycles. The number of hydrogen-bond donors (Lipinski definition) is 1. The summed E-state index contributed by atoms with van der Waals surface area (Å²) in [4.78, 5) is 6.80. The number of fused-ring (bicyclic) bond motifs is 1. The van der Waals surface area contributed by atoms with Gasteiger partial charge < -0.3 is 15.2 Å². The Hall–Kier alpha value is -2.17. The van der Waals surface area contributed by atoms with Gasteiger partial charge in [-0.15, -0.1) is 0 Å². The van der Waals surface area contributed by atoms with Crippen LogP contribution in [0.25, 0.3) is 22.2 Å². The summed E-state index contributed by atoms with van der Waals surface area (Å²) in [5.74, 6) is 0. The molecule has 0 atom stereocenters.